The van der Waals surface area contributed by atoms with Crippen molar-refractivity contribution in [3.8, 4) is 5.75 Å². The van der Waals surface area contributed by atoms with E-state index in [9.17, 15) is 9.18 Å². The van der Waals surface area contributed by atoms with Gasteiger partial charge in [-0.05, 0) is 63.2 Å². The van der Waals surface area contributed by atoms with Crippen LogP contribution < -0.4 is 20.7 Å². The molecule has 0 aliphatic rings. The SMILES string of the molecule is [2H]C([2H])([2H])OC([2H])([2H])C([2H])([2H])Oc1ccc(Nc2ncc(F)c(Nc3cccc(NC(=O)OC(C)(C)C)c3)n2)cc1. The molecule has 1 aromatic heterocycles. The summed E-state index contributed by atoms with van der Waals surface area (Å²) >= 11 is 0. The first-order valence-electron chi connectivity index (χ1n) is 13.5. The molecule has 3 N–H and O–H groups in total. The van der Waals surface area contributed by atoms with E-state index in [0.717, 1.165) is 6.20 Å². The number of benzene rings is 2. The van der Waals surface area contributed by atoms with Crippen LogP contribution in [0.15, 0.2) is 54.7 Å². The van der Waals surface area contributed by atoms with E-state index >= 15 is 0 Å². The van der Waals surface area contributed by atoms with E-state index in [1.54, 1.807) is 45.0 Å². The first-order valence-corrected chi connectivity index (χ1v) is 9.98. The van der Waals surface area contributed by atoms with E-state index < -0.39 is 37.7 Å². The molecular weight excluding hydrogens is 441 g/mol. The molecule has 0 radical (unpaired) electrons. The van der Waals surface area contributed by atoms with Crippen LogP contribution in [0.2, 0.25) is 0 Å². The fourth-order valence-corrected chi connectivity index (χ4v) is 2.58. The first kappa shape index (κ1) is 16.7. The van der Waals surface area contributed by atoms with Crippen molar-refractivity contribution in [1.82, 2.24) is 9.97 Å². The molecule has 0 atom stereocenters. The Labute approximate surface area is 207 Å². The molecule has 3 aromatic rings. The third-order valence-corrected chi connectivity index (χ3v) is 3.89. The normalized spacial score (nSPS) is 15.2. The Morgan fingerprint density at radius 1 is 1.09 bits per heavy atom. The van der Waals surface area contributed by atoms with Crippen LogP contribution in [0, 0.1) is 5.82 Å². The number of hydrogen-bond acceptors (Lipinski definition) is 8. The molecule has 0 aliphatic carbocycles. The van der Waals surface area contributed by atoms with Crippen molar-refractivity contribution in [3.05, 3.63) is 60.5 Å². The molecule has 0 saturated heterocycles. The largest absolute Gasteiger partial charge is 0.491 e. The predicted octanol–water partition coefficient (Wildman–Crippen LogP) is 5.48. The summed E-state index contributed by atoms with van der Waals surface area (Å²) in [6.07, 6.45) is 0.295. The van der Waals surface area contributed by atoms with Gasteiger partial charge in [0.1, 0.15) is 17.9 Å². The highest BCUT2D eigenvalue weighted by Crippen LogP contribution is 2.24. The quantitative estimate of drug-likeness (QED) is 0.373. The maximum atomic E-state index is 14.5. The lowest BCUT2D eigenvalue weighted by Crippen LogP contribution is -2.27. The number of carbonyl (C=O) groups is 1. The van der Waals surface area contributed by atoms with Crippen molar-refractivity contribution in [2.45, 2.75) is 26.4 Å². The van der Waals surface area contributed by atoms with Gasteiger partial charge in [0.15, 0.2) is 11.6 Å². The van der Waals surface area contributed by atoms with Crippen LogP contribution in [0.1, 0.15) is 30.4 Å². The molecular formula is C24H28FN5O4. The lowest BCUT2D eigenvalue weighted by molar-refractivity contribution is 0.0636. The summed E-state index contributed by atoms with van der Waals surface area (Å²) < 4.78 is 80.7. The number of methoxy groups -OCH3 is 1. The monoisotopic (exact) mass is 476 g/mol. The molecule has 1 heterocycles. The van der Waals surface area contributed by atoms with Crippen molar-refractivity contribution >= 4 is 34.9 Å². The van der Waals surface area contributed by atoms with Crippen LogP contribution in [-0.2, 0) is 9.47 Å². The summed E-state index contributed by atoms with van der Waals surface area (Å²) in [5.74, 6) is -1.04. The lowest BCUT2D eigenvalue weighted by atomic mass is 10.2. The van der Waals surface area contributed by atoms with Crippen LogP contribution >= 0.6 is 0 Å². The maximum Gasteiger partial charge on any atom is 0.412 e. The van der Waals surface area contributed by atoms with Crippen molar-refractivity contribution in [2.75, 3.05) is 36.1 Å². The molecule has 10 heteroatoms. The molecule has 9 nitrogen and oxygen atoms in total. The van der Waals surface area contributed by atoms with Gasteiger partial charge < -0.3 is 24.8 Å². The Hall–Kier alpha value is -3.92. The highest BCUT2D eigenvalue weighted by atomic mass is 19.1. The fourth-order valence-electron chi connectivity index (χ4n) is 2.58. The Balaban J connectivity index is 1.68. The molecule has 0 unspecified atom stereocenters. The van der Waals surface area contributed by atoms with Gasteiger partial charge in [-0.1, -0.05) is 6.07 Å². The molecule has 1 amide bonds. The van der Waals surface area contributed by atoms with Gasteiger partial charge in [0, 0.05) is 24.1 Å². The van der Waals surface area contributed by atoms with E-state index in [2.05, 4.69) is 30.7 Å². The van der Waals surface area contributed by atoms with Gasteiger partial charge in [0.2, 0.25) is 5.95 Å². The number of ether oxygens (including phenoxy) is 3. The van der Waals surface area contributed by atoms with E-state index in [0.29, 0.717) is 17.1 Å². The van der Waals surface area contributed by atoms with Gasteiger partial charge >= 0.3 is 6.09 Å². The number of anilines is 5. The highest BCUT2D eigenvalue weighted by Gasteiger charge is 2.16. The molecule has 0 saturated carbocycles. The molecule has 34 heavy (non-hydrogen) atoms. The number of hydrogen-bond donors (Lipinski definition) is 3. The lowest BCUT2D eigenvalue weighted by Gasteiger charge is -2.19. The van der Waals surface area contributed by atoms with Crippen molar-refractivity contribution in [1.29, 1.82) is 0 Å². The van der Waals surface area contributed by atoms with E-state index in [4.69, 9.17) is 19.1 Å². The number of nitrogens with zero attached hydrogens (tertiary/aromatic N) is 2. The highest BCUT2D eigenvalue weighted by molar-refractivity contribution is 5.85. The number of carbonyl (C=O) groups excluding carboxylic acids is 1. The second kappa shape index (κ2) is 11.3. The van der Waals surface area contributed by atoms with Gasteiger partial charge in [0.25, 0.3) is 0 Å². The van der Waals surface area contributed by atoms with Crippen LogP contribution in [-0.4, -0.2) is 41.8 Å². The zero-order valence-corrected chi connectivity index (χ0v) is 18.6. The molecule has 180 valence electrons. The van der Waals surface area contributed by atoms with Crippen molar-refractivity contribution in [3.63, 3.8) is 0 Å². The van der Waals surface area contributed by atoms with Crippen molar-refractivity contribution < 1.29 is 33.0 Å². The van der Waals surface area contributed by atoms with Gasteiger partial charge in [-0.25, -0.2) is 14.2 Å². The van der Waals surface area contributed by atoms with E-state index in [1.807, 2.05) is 0 Å². The molecule has 3 rings (SSSR count). The summed E-state index contributed by atoms with van der Waals surface area (Å²) in [5, 5.41) is 8.25. The number of halogens is 1. The topological polar surface area (TPSA) is 107 Å². The molecule has 0 bridgehead atoms. The van der Waals surface area contributed by atoms with Gasteiger partial charge in [-0.15, -0.1) is 0 Å². The minimum Gasteiger partial charge on any atom is -0.491 e. The number of aromatic nitrogens is 2. The summed E-state index contributed by atoms with van der Waals surface area (Å²) in [6.45, 7) is -1.23. The minimum atomic E-state index is -3.29. The zero-order valence-electron chi connectivity index (χ0n) is 25.6. The Morgan fingerprint density at radius 3 is 2.59 bits per heavy atom. The van der Waals surface area contributed by atoms with E-state index in [1.165, 1.54) is 24.3 Å². The van der Waals surface area contributed by atoms with Crippen molar-refractivity contribution in [2.24, 2.45) is 0 Å². The summed E-state index contributed by atoms with van der Waals surface area (Å²) in [7, 11) is -3.18. The Kier molecular flexibility index (Phi) is 5.53. The fraction of sp³-hybridized carbons (Fsp3) is 0.292. The Morgan fingerprint density at radius 2 is 1.85 bits per heavy atom. The summed E-state index contributed by atoms with van der Waals surface area (Å²) in [5.41, 5.74) is 0.531. The average Bonchev–Trinajstić information content (AvgIpc) is 2.79. The van der Waals surface area contributed by atoms with Crippen LogP contribution in [0.25, 0.3) is 0 Å². The van der Waals surface area contributed by atoms with Gasteiger partial charge in [0.05, 0.1) is 22.4 Å². The number of rotatable bonds is 9. The molecule has 2 aromatic carbocycles. The third kappa shape index (κ3) is 7.89. The standard InChI is InChI=1S/C24H28FN5O4/c1-24(2,3)34-23(31)29-18-7-5-6-17(14-18)27-21-20(25)15-26-22(30-21)28-16-8-10-19(11-9-16)33-13-12-32-4/h5-11,14-15H,12-13H2,1-4H3,(H,29,31)(H2,26,27,28,30)/i4D3,12D2,13D2. The maximum absolute atomic E-state index is 14.5. The second-order valence-electron chi connectivity index (χ2n) is 7.78. The molecule has 0 fully saturated rings. The third-order valence-electron chi connectivity index (χ3n) is 3.89. The van der Waals surface area contributed by atoms with Gasteiger partial charge in [-0.3, -0.25) is 5.32 Å². The first-order chi connectivity index (χ1) is 18.8. The second-order valence-corrected chi connectivity index (χ2v) is 7.78. The number of nitrogens with one attached hydrogen (secondary N) is 3. The number of amides is 1. The summed E-state index contributed by atoms with van der Waals surface area (Å²) in [4.78, 5) is 20.1. The Bertz CT molecular complexity index is 1370. The zero-order chi connectivity index (χ0) is 30.6. The van der Waals surface area contributed by atoms with Gasteiger partial charge in [-0.2, -0.15) is 4.98 Å². The smallest absolute Gasteiger partial charge is 0.412 e. The summed E-state index contributed by atoms with van der Waals surface area (Å²) in [6, 6.07) is 11.9. The van der Waals surface area contributed by atoms with Crippen LogP contribution in [0.5, 0.6) is 5.75 Å². The van der Waals surface area contributed by atoms with E-state index in [-0.39, 0.29) is 17.5 Å². The predicted molar refractivity (Wildman–Crippen MR) is 129 cm³/mol. The van der Waals surface area contributed by atoms with Crippen LogP contribution in [0.3, 0.4) is 0 Å². The molecule has 0 aliphatic heterocycles. The van der Waals surface area contributed by atoms with Crippen LogP contribution in [0.4, 0.5) is 38.0 Å². The minimum absolute atomic E-state index is 0.00310. The molecule has 0 spiro atoms. The average molecular weight is 477 g/mol.